The van der Waals surface area contributed by atoms with Crippen molar-refractivity contribution in [3.8, 4) is 5.69 Å². The van der Waals surface area contributed by atoms with Crippen molar-refractivity contribution in [1.29, 1.82) is 0 Å². The second-order valence-corrected chi connectivity index (χ2v) is 27.3. The average Bonchev–Trinajstić information content (AvgIpc) is 1.64. The summed E-state index contributed by atoms with van der Waals surface area (Å²) in [6.45, 7) is 6.96. The van der Waals surface area contributed by atoms with E-state index in [0.717, 1.165) is 117 Å². The maximum absolute atomic E-state index is 2.69. The van der Waals surface area contributed by atoms with Crippen LogP contribution in [0.2, 0.25) is 0 Å². The van der Waals surface area contributed by atoms with E-state index in [4.69, 9.17) is 0 Å². The molecule has 0 fully saturated rings. The fourth-order valence-electron chi connectivity index (χ4n) is 17.1. The zero-order valence-electron chi connectivity index (χ0n) is 56.2. The minimum Gasteiger partial charge on any atom is -0.309 e. The van der Waals surface area contributed by atoms with Crippen LogP contribution >= 0.6 is 0 Å². The lowest BCUT2D eigenvalue weighted by molar-refractivity contribution is 0.590. The molecule has 0 amide bonds. The first-order valence-electron chi connectivity index (χ1n) is 34.7. The molecule has 0 N–H and O–H groups in total. The Kier molecular flexibility index (Phi) is 16.2. The highest BCUT2D eigenvalue weighted by molar-refractivity contribution is 6.15. The summed E-state index contributed by atoms with van der Waals surface area (Å²) < 4.78 is 2.69. The monoisotopic (exact) mass is 1270 g/mol. The summed E-state index contributed by atoms with van der Waals surface area (Å²) in [5, 5.41) is 2.26. The second-order valence-electron chi connectivity index (χ2n) is 27.3. The molecule has 0 saturated carbocycles. The van der Waals surface area contributed by atoms with Crippen LogP contribution < -0.4 is 0 Å². The van der Waals surface area contributed by atoms with Crippen LogP contribution in [0.4, 0.5) is 0 Å². The van der Waals surface area contributed by atoms with E-state index in [1.807, 2.05) is 0 Å². The highest BCUT2D eigenvalue weighted by Crippen LogP contribution is 2.66. The molecule has 0 aliphatic carbocycles. The van der Waals surface area contributed by atoms with E-state index in [1.54, 1.807) is 0 Å². The minimum atomic E-state index is -1.22. The van der Waals surface area contributed by atoms with Crippen molar-refractivity contribution >= 4 is 21.8 Å². The molecule has 0 aliphatic rings. The van der Waals surface area contributed by atoms with Gasteiger partial charge >= 0.3 is 0 Å². The van der Waals surface area contributed by atoms with Crippen LogP contribution in [0, 0.1) is 0 Å². The van der Waals surface area contributed by atoms with Crippen LogP contribution in [0.1, 0.15) is 115 Å². The van der Waals surface area contributed by atoms with Gasteiger partial charge in [0, 0.05) is 22.0 Å². The largest absolute Gasteiger partial charge is 0.309 e. The summed E-state index contributed by atoms with van der Waals surface area (Å²) in [7, 11) is 0. The van der Waals surface area contributed by atoms with Gasteiger partial charge in [-0.1, -0.05) is 415 Å². The SMILES string of the molecule is CC(C)(C)c1ccc(-n2c3ccccc3c3c(C(c4ccccc4)(c4ccccc4)c4ccccc4)c(C(c4ccccc4)(c4ccccc4)c4ccccc4)c(C(c4ccccc4)(c4ccccc4)c4ccccc4)c(C(c4ccccc4)(c4ccccc4)c4ccccc4)c32)cc1. The van der Waals surface area contributed by atoms with E-state index in [2.05, 4.69) is 438 Å². The van der Waals surface area contributed by atoms with Gasteiger partial charge in [-0.25, -0.2) is 0 Å². The van der Waals surface area contributed by atoms with Crippen LogP contribution in [0.3, 0.4) is 0 Å². The molecular formula is C98H77N. The summed E-state index contributed by atoms with van der Waals surface area (Å²) in [6, 6.07) is 157. The molecule has 0 bridgehead atoms. The van der Waals surface area contributed by atoms with Crippen molar-refractivity contribution in [3.63, 3.8) is 0 Å². The third-order valence-electron chi connectivity index (χ3n) is 21.1. The molecular weight excluding hydrogens is 1190 g/mol. The van der Waals surface area contributed by atoms with Gasteiger partial charge in [0.2, 0.25) is 0 Å². The molecule has 1 nitrogen and oxygen atoms in total. The normalized spacial score (nSPS) is 12.2. The molecule has 1 heterocycles. The molecule has 0 spiro atoms. The third kappa shape index (κ3) is 9.97. The molecule has 15 aromatic carbocycles. The molecule has 474 valence electrons. The highest BCUT2D eigenvalue weighted by Gasteiger charge is 2.58. The van der Waals surface area contributed by atoms with E-state index >= 15 is 0 Å². The lowest BCUT2D eigenvalue weighted by Gasteiger charge is -2.52. The molecule has 0 unspecified atom stereocenters. The van der Waals surface area contributed by atoms with Gasteiger partial charge in [-0.15, -0.1) is 0 Å². The highest BCUT2D eigenvalue weighted by atomic mass is 15.0. The van der Waals surface area contributed by atoms with Crippen molar-refractivity contribution in [2.75, 3.05) is 0 Å². The van der Waals surface area contributed by atoms with Gasteiger partial charge in [-0.3, -0.25) is 0 Å². The van der Waals surface area contributed by atoms with Crippen molar-refractivity contribution in [1.82, 2.24) is 4.57 Å². The van der Waals surface area contributed by atoms with Gasteiger partial charge in [0.05, 0.1) is 32.7 Å². The number of hydrogen-bond acceptors (Lipinski definition) is 0. The Hall–Kier alpha value is -11.9. The van der Waals surface area contributed by atoms with Crippen molar-refractivity contribution in [2.45, 2.75) is 47.8 Å². The Morgan fingerprint density at radius 1 is 0.182 bits per heavy atom. The van der Waals surface area contributed by atoms with Crippen molar-refractivity contribution in [2.24, 2.45) is 0 Å². The summed E-state index contributed by atoms with van der Waals surface area (Å²) in [5.41, 5.74) is 17.7. The fourth-order valence-corrected chi connectivity index (χ4v) is 17.1. The van der Waals surface area contributed by atoms with Crippen molar-refractivity contribution < 1.29 is 0 Å². The van der Waals surface area contributed by atoms with Gasteiger partial charge in [0.1, 0.15) is 0 Å². The summed E-state index contributed by atoms with van der Waals surface area (Å²) >= 11 is 0. The first-order valence-corrected chi connectivity index (χ1v) is 34.7. The first kappa shape index (κ1) is 61.9. The molecule has 1 heteroatoms. The van der Waals surface area contributed by atoms with Gasteiger partial charge in [-0.05, 0) is 113 Å². The molecule has 0 saturated heterocycles. The van der Waals surface area contributed by atoms with E-state index < -0.39 is 21.7 Å². The number of hydrogen-bond donors (Lipinski definition) is 0. The number of nitrogens with zero attached hydrogens (tertiary/aromatic N) is 1. The molecule has 16 rings (SSSR count). The zero-order chi connectivity index (χ0) is 66.9. The quantitative estimate of drug-likeness (QED) is 0.0801. The molecule has 0 atom stereocenters. The molecule has 16 aromatic rings. The van der Waals surface area contributed by atoms with Crippen molar-refractivity contribution in [3.05, 3.63) is 507 Å². The molecule has 0 radical (unpaired) electrons. The first-order chi connectivity index (χ1) is 48.8. The van der Waals surface area contributed by atoms with E-state index in [1.165, 1.54) is 5.56 Å². The summed E-state index contributed by atoms with van der Waals surface area (Å²) in [5.74, 6) is 0. The standard InChI is InChI=1S/C98H77N/c1-94(2,3)72-68-70-85(71-69-72)99-87-67-41-40-66-86(87)88-89(95(73-42-16-4-17-43-73,74-44-18-5-19-45-74)75-46-20-6-21-47-75)90(96(76-48-22-7-23-49-76,77-50-24-8-25-51-77)78-52-26-9-27-53-78)91(97(79-54-28-10-29-55-79,80-56-30-11-31-57-80)81-58-32-12-33-59-81)92(93(88)99)98(82-60-34-13-35-61-82,83-62-36-14-37-63-83)84-64-38-15-39-65-84/h4-71H,1-3H3. The van der Waals surface area contributed by atoms with Crippen LogP contribution in [0.15, 0.2) is 413 Å². The predicted molar refractivity (Wildman–Crippen MR) is 413 cm³/mol. The molecule has 99 heavy (non-hydrogen) atoms. The van der Waals surface area contributed by atoms with Gasteiger partial charge in [0.25, 0.3) is 0 Å². The Morgan fingerprint density at radius 3 is 0.626 bits per heavy atom. The molecule has 1 aromatic heterocycles. The van der Waals surface area contributed by atoms with Gasteiger partial charge in [0.15, 0.2) is 0 Å². The lowest BCUT2D eigenvalue weighted by Crippen LogP contribution is -2.46. The number of benzene rings is 15. The van der Waals surface area contributed by atoms with Crippen LogP contribution in [-0.2, 0) is 27.1 Å². The Morgan fingerprint density at radius 2 is 0.384 bits per heavy atom. The fraction of sp³-hybridized carbons (Fsp3) is 0.0816. The number of aromatic nitrogens is 1. The van der Waals surface area contributed by atoms with Crippen LogP contribution in [0.25, 0.3) is 27.5 Å². The van der Waals surface area contributed by atoms with Crippen LogP contribution in [-0.4, -0.2) is 4.57 Å². The Balaban J connectivity index is 1.41. The molecule has 0 aliphatic heterocycles. The van der Waals surface area contributed by atoms with Gasteiger partial charge in [-0.2, -0.15) is 0 Å². The lowest BCUT2D eigenvalue weighted by atomic mass is 9.49. The second kappa shape index (κ2) is 25.9. The van der Waals surface area contributed by atoms with Gasteiger partial charge < -0.3 is 4.57 Å². The smallest absolute Gasteiger partial charge is 0.0725 e. The summed E-state index contributed by atoms with van der Waals surface area (Å²) in [6.07, 6.45) is 0. The maximum atomic E-state index is 2.69. The number of fused-ring (bicyclic) bond motifs is 3. The van der Waals surface area contributed by atoms with Crippen LogP contribution in [0.5, 0.6) is 0 Å². The topological polar surface area (TPSA) is 4.93 Å². The summed E-state index contributed by atoms with van der Waals surface area (Å²) in [4.78, 5) is 0. The van der Waals surface area contributed by atoms with E-state index in [9.17, 15) is 0 Å². The predicted octanol–water partition coefficient (Wildman–Crippen LogP) is 23.6. The Bertz CT molecular complexity index is 4980. The Labute approximate surface area is 583 Å². The van der Waals surface area contributed by atoms with E-state index in [-0.39, 0.29) is 5.41 Å². The third-order valence-corrected chi connectivity index (χ3v) is 21.1. The maximum Gasteiger partial charge on any atom is 0.0725 e. The average molecular weight is 1270 g/mol. The minimum absolute atomic E-state index is 0.125. The number of rotatable bonds is 17. The number of para-hydroxylation sites is 1. The van der Waals surface area contributed by atoms with E-state index in [0.29, 0.717) is 0 Å². The zero-order valence-corrected chi connectivity index (χ0v) is 56.2.